The molecule has 8 heteroatoms. The number of hydrogen-bond donors (Lipinski definition) is 1. The van der Waals surface area contributed by atoms with Crippen LogP contribution in [0.4, 0.5) is 0 Å². The molecule has 1 aromatic rings. The van der Waals surface area contributed by atoms with Crippen LogP contribution in [0.2, 0.25) is 5.02 Å². The minimum atomic E-state index is -3.62. The van der Waals surface area contributed by atoms with Crippen molar-refractivity contribution in [1.29, 1.82) is 5.26 Å². The van der Waals surface area contributed by atoms with E-state index in [0.29, 0.717) is 19.5 Å². The van der Waals surface area contributed by atoms with E-state index in [2.05, 4.69) is 0 Å². The Labute approximate surface area is 142 Å². The van der Waals surface area contributed by atoms with Gasteiger partial charge >= 0.3 is 0 Å². The minimum Gasteiger partial charge on any atom is -0.327 e. The van der Waals surface area contributed by atoms with Crippen molar-refractivity contribution in [2.45, 2.75) is 31.2 Å². The maximum atomic E-state index is 12.7. The van der Waals surface area contributed by atoms with Gasteiger partial charge in [-0.05, 0) is 30.0 Å². The summed E-state index contributed by atoms with van der Waals surface area (Å²) in [6.45, 7) is 4.69. The van der Waals surface area contributed by atoms with Crippen LogP contribution in [0.5, 0.6) is 0 Å². The summed E-state index contributed by atoms with van der Waals surface area (Å²) >= 11 is 5.93. The van der Waals surface area contributed by atoms with E-state index < -0.39 is 10.0 Å². The molecule has 0 radical (unpaired) electrons. The van der Waals surface area contributed by atoms with Crippen molar-refractivity contribution in [3.05, 3.63) is 28.8 Å². The van der Waals surface area contributed by atoms with Crippen molar-refractivity contribution >= 4 is 34.0 Å². The summed E-state index contributed by atoms with van der Waals surface area (Å²) in [5.41, 5.74) is 6.02. The molecule has 22 heavy (non-hydrogen) atoms. The number of piperidine rings is 1. The number of nitrogens with zero attached hydrogens (tertiary/aromatic N) is 2. The molecule has 2 rings (SSSR count). The lowest BCUT2D eigenvalue weighted by molar-refractivity contribution is 0.155. The Morgan fingerprint density at radius 1 is 1.45 bits per heavy atom. The molecule has 2 N–H and O–H groups in total. The van der Waals surface area contributed by atoms with E-state index in [0.717, 1.165) is 0 Å². The van der Waals surface area contributed by atoms with Crippen molar-refractivity contribution in [2.75, 3.05) is 13.1 Å². The Balaban J connectivity index is 0.00000242. The molecular formula is C14H19Cl2N3O2S. The third-order valence-corrected chi connectivity index (χ3v) is 6.13. The molecule has 0 bridgehead atoms. The Morgan fingerprint density at radius 3 is 2.59 bits per heavy atom. The highest BCUT2D eigenvalue weighted by Crippen LogP contribution is 2.32. The van der Waals surface area contributed by atoms with Crippen LogP contribution in [0.15, 0.2) is 23.1 Å². The molecule has 1 fully saturated rings. The Kier molecular flexibility index (Phi) is 5.88. The maximum Gasteiger partial charge on any atom is 0.243 e. The van der Waals surface area contributed by atoms with E-state index in [4.69, 9.17) is 22.6 Å². The van der Waals surface area contributed by atoms with E-state index in [-0.39, 0.29) is 39.3 Å². The van der Waals surface area contributed by atoms with Gasteiger partial charge < -0.3 is 5.73 Å². The van der Waals surface area contributed by atoms with E-state index >= 15 is 0 Å². The first kappa shape index (κ1) is 19.2. The van der Waals surface area contributed by atoms with E-state index in [1.807, 2.05) is 19.9 Å². The monoisotopic (exact) mass is 363 g/mol. The van der Waals surface area contributed by atoms with E-state index in [9.17, 15) is 8.42 Å². The van der Waals surface area contributed by atoms with Crippen molar-refractivity contribution in [1.82, 2.24) is 4.31 Å². The molecule has 1 aliphatic rings. The molecule has 0 amide bonds. The summed E-state index contributed by atoms with van der Waals surface area (Å²) in [5.74, 6) is 0. The fourth-order valence-electron chi connectivity index (χ4n) is 2.43. The lowest BCUT2D eigenvalue weighted by atomic mass is 9.81. The quantitative estimate of drug-likeness (QED) is 0.873. The lowest BCUT2D eigenvalue weighted by Crippen LogP contribution is -2.53. The molecule has 1 aromatic carbocycles. The highest BCUT2D eigenvalue weighted by atomic mass is 35.5. The average molecular weight is 364 g/mol. The van der Waals surface area contributed by atoms with Crippen LogP contribution in [0, 0.1) is 16.7 Å². The van der Waals surface area contributed by atoms with Gasteiger partial charge in [-0.25, -0.2) is 8.42 Å². The fraction of sp³-hybridized carbons (Fsp3) is 0.500. The van der Waals surface area contributed by atoms with Crippen LogP contribution < -0.4 is 5.73 Å². The molecular weight excluding hydrogens is 345 g/mol. The molecule has 1 unspecified atom stereocenters. The predicted molar refractivity (Wildman–Crippen MR) is 88.5 cm³/mol. The zero-order valence-corrected chi connectivity index (χ0v) is 14.8. The number of nitriles is 1. The Hall–Kier alpha value is -0.840. The van der Waals surface area contributed by atoms with Gasteiger partial charge in [0.15, 0.2) is 0 Å². The van der Waals surface area contributed by atoms with Crippen molar-refractivity contribution in [3.8, 4) is 6.07 Å². The zero-order chi connectivity index (χ0) is 15.8. The number of rotatable bonds is 2. The van der Waals surface area contributed by atoms with Gasteiger partial charge in [0.25, 0.3) is 0 Å². The van der Waals surface area contributed by atoms with Crippen molar-refractivity contribution in [2.24, 2.45) is 11.1 Å². The smallest absolute Gasteiger partial charge is 0.243 e. The number of hydrogen-bond acceptors (Lipinski definition) is 4. The zero-order valence-electron chi connectivity index (χ0n) is 12.4. The summed E-state index contributed by atoms with van der Waals surface area (Å²) in [5, 5.41) is 9.00. The fourth-order valence-corrected chi connectivity index (χ4v) is 4.37. The van der Waals surface area contributed by atoms with Gasteiger partial charge in [0.05, 0.1) is 15.5 Å². The SMILES string of the molecule is CC1(C)CN(S(=O)(=O)c2ccc(C#N)c(Cl)c2)CCC1N.Cl. The summed E-state index contributed by atoms with van der Waals surface area (Å²) < 4.78 is 26.8. The van der Waals surface area contributed by atoms with Crippen LogP contribution in [0.3, 0.4) is 0 Å². The first-order valence-electron chi connectivity index (χ1n) is 6.64. The summed E-state index contributed by atoms with van der Waals surface area (Å²) in [7, 11) is -3.62. The van der Waals surface area contributed by atoms with Crippen LogP contribution in [0.1, 0.15) is 25.8 Å². The van der Waals surface area contributed by atoms with Crippen molar-refractivity contribution < 1.29 is 8.42 Å². The highest BCUT2D eigenvalue weighted by molar-refractivity contribution is 7.89. The van der Waals surface area contributed by atoms with E-state index in [1.54, 1.807) is 0 Å². The van der Waals surface area contributed by atoms with Gasteiger partial charge in [-0.1, -0.05) is 25.4 Å². The molecule has 5 nitrogen and oxygen atoms in total. The van der Waals surface area contributed by atoms with Gasteiger partial charge in [0, 0.05) is 19.1 Å². The Bertz CT molecular complexity index is 699. The third-order valence-electron chi connectivity index (χ3n) is 3.98. The van der Waals surface area contributed by atoms with Crippen molar-refractivity contribution in [3.63, 3.8) is 0 Å². The molecule has 0 aromatic heterocycles. The molecule has 0 aliphatic carbocycles. The largest absolute Gasteiger partial charge is 0.327 e. The van der Waals surface area contributed by atoms with Crippen LogP contribution in [0.25, 0.3) is 0 Å². The second-order valence-electron chi connectivity index (χ2n) is 5.98. The summed E-state index contributed by atoms with van der Waals surface area (Å²) in [6.07, 6.45) is 0.621. The average Bonchev–Trinajstić information content (AvgIpc) is 2.41. The number of benzene rings is 1. The first-order chi connectivity index (χ1) is 9.68. The topological polar surface area (TPSA) is 87.2 Å². The first-order valence-corrected chi connectivity index (χ1v) is 8.45. The van der Waals surface area contributed by atoms with Gasteiger partial charge in [0.1, 0.15) is 6.07 Å². The van der Waals surface area contributed by atoms with Gasteiger partial charge in [-0.3, -0.25) is 0 Å². The van der Waals surface area contributed by atoms with Crippen LogP contribution in [-0.4, -0.2) is 31.9 Å². The van der Waals surface area contributed by atoms with E-state index in [1.165, 1.54) is 22.5 Å². The molecule has 1 atom stereocenters. The number of sulfonamides is 1. The number of nitrogens with two attached hydrogens (primary N) is 1. The molecule has 0 spiro atoms. The molecule has 1 aliphatic heterocycles. The molecule has 1 heterocycles. The predicted octanol–water partition coefficient (Wildman–Crippen LogP) is 2.38. The standard InChI is InChI=1S/C14H18ClN3O2S.ClH/c1-14(2)9-18(6-5-13(14)17)21(19,20)11-4-3-10(8-16)12(15)7-11;/h3-4,7,13H,5-6,9,17H2,1-2H3;1H. The molecule has 122 valence electrons. The van der Waals surface area contributed by atoms with Gasteiger partial charge in [-0.2, -0.15) is 9.57 Å². The third kappa shape index (κ3) is 3.55. The normalized spacial score (nSPS) is 21.7. The van der Waals surface area contributed by atoms with Gasteiger partial charge in [0.2, 0.25) is 10.0 Å². The molecule has 0 saturated carbocycles. The Morgan fingerprint density at radius 2 is 2.09 bits per heavy atom. The van der Waals surface area contributed by atoms with Crippen LogP contribution >= 0.6 is 24.0 Å². The van der Waals surface area contributed by atoms with Crippen LogP contribution in [-0.2, 0) is 10.0 Å². The lowest BCUT2D eigenvalue weighted by Gasteiger charge is -2.41. The second kappa shape index (κ2) is 6.73. The summed E-state index contributed by atoms with van der Waals surface area (Å²) in [4.78, 5) is 0.109. The van der Waals surface area contributed by atoms with Gasteiger partial charge in [-0.15, -0.1) is 12.4 Å². The maximum absolute atomic E-state index is 12.7. The minimum absolute atomic E-state index is 0. The number of halogens is 2. The second-order valence-corrected chi connectivity index (χ2v) is 8.32. The summed E-state index contributed by atoms with van der Waals surface area (Å²) in [6, 6.07) is 6.07. The highest BCUT2D eigenvalue weighted by Gasteiger charge is 2.38. The molecule has 1 saturated heterocycles.